The van der Waals surface area contributed by atoms with Crippen molar-refractivity contribution in [3.8, 4) is 17.4 Å². The molecule has 106 valence electrons. The van der Waals surface area contributed by atoms with E-state index in [1.807, 2.05) is 55.5 Å². The van der Waals surface area contributed by atoms with Crippen molar-refractivity contribution >= 4 is 16.5 Å². The highest BCUT2D eigenvalue weighted by Crippen LogP contribution is 2.35. The first kappa shape index (κ1) is 13.2. The molecule has 4 heteroatoms. The third kappa shape index (κ3) is 2.60. The lowest BCUT2D eigenvalue weighted by Crippen LogP contribution is -1.97. The van der Waals surface area contributed by atoms with E-state index in [1.165, 1.54) is 0 Å². The molecule has 3 aromatic rings. The minimum Gasteiger partial charge on any atom is -0.488 e. The fourth-order valence-corrected chi connectivity index (χ4v) is 2.21. The Kier molecular flexibility index (Phi) is 3.60. The van der Waals surface area contributed by atoms with Gasteiger partial charge in [-0.15, -0.1) is 0 Å². The third-order valence-corrected chi connectivity index (χ3v) is 3.16. The summed E-state index contributed by atoms with van der Waals surface area (Å²) < 4.78 is 11.5. The fraction of sp³-hybridized carbons (Fsp3) is 0.118. The molecular weight excluding hydrogens is 264 g/mol. The minimum atomic E-state index is 0.453. The monoisotopic (exact) mass is 280 g/mol. The molecule has 0 aliphatic heterocycles. The second-order valence-corrected chi connectivity index (χ2v) is 4.54. The number of hydrogen-bond donors (Lipinski definition) is 1. The molecule has 4 nitrogen and oxygen atoms in total. The van der Waals surface area contributed by atoms with Gasteiger partial charge in [-0.25, -0.2) is 4.98 Å². The molecule has 2 aromatic carbocycles. The van der Waals surface area contributed by atoms with Crippen LogP contribution in [0.4, 0.5) is 5.69 Å². The Bertz CT molecular complexity index is 772. The number of hydrogen-bond acceptors (Lipinski definition) is 4. The van der Waals surface area contributed by atoms with Gasteiger partial charge in [-0.3, -0.25) is 0 Å². The van der Waals surface area contributed by atoms with E-state index >= 15 is 0 Å². The van der Waals surface area contributed by atoms with E-state index in [-0.39, 0.29) is 0 Å². The molecule has 0 atom stereocenters. The second kappa shape index (κ2) is 5.71. The molecule has 0 radical (unpaired) electrons. The highest BCUT2D eigenvalue weighted by molar-refractivity contribution is 5.97. The highest BCUT2D eigenvalue weighted by atomic mass is 16.5. The van der Waals surface area contributed by atoms with Gasteiger partial charge in [0, 0.05) is 22.7 Å². The summed E-state index contributed by atoms with van der Waals surface area (Å²) in [6.07, 6.45) is 1.68. The second-order valence-electron chi connectivity index (χ2n) is 4.54. The topological polar surface area (TPSA) is 57.4 Å². The maximum atomic E-state index is 6.00. The largest absolute Gasteiger partial charge is 0.488 e. The molecule has 0 aliphatic rings. The van der Waals surface area contributed by atoms with Gasteiger partial charge in [0.05, 0.1) is 6.61 Å². The summed E-state index contributed by atoms with van der Waals surface area (Å²) in [6, 6.07) is 15.2. The predicted octanol–water partition coefficient (Wildman–Crippen LogP) is 4.01. The van der Waals surface area contributed by atoms with Crippen LogP contribution >= 0.6 is 0 Å². The lowest BCUT2D eigenvalue weighted by atomic mass is 10.1. The first-order valence-electron chi connectivity index (χ1n) is 6.82. The van der Waals surface area contributed by atoms with Crippen molar-refractivity contribution in [3.63, 3.8) is 0 Å². The Balaban J connectivity index is 2.05. The van der Waals surface area contributed by atoms with Gasteiger partial charge >= 0.3 is 0 Å². The molecule has 0 unspecified atom stereocenters. The summed E-state index contributed by atoms with van der Waals surface area (Å²) in [5.41, 5.74) is 6.73. The molecule has 1 heterocycles. The van der Waals surface area contributed by atoms with E-state index in [0.717, 1.165) is 16.5 Å². The highest BCUT2D eigenvalue weighted by Gasteiger charge is 2.10. The average molecular weight is 280 g/mol. The lowest BCUT2D eigenvalue weighted by Gasteiger charge is -2.12. The Morgan fingerprint density at radius 1 is 0.952 bits per heavy atom. The summed E-state index contributed by atoms with van der Waals surface area (Å²) in [4.78, 5) is 4.24. The standard InChI is InChI=1S/C17H16N2O2/c1-2-20-16-8-5-11-19-17(16)21-15-10-9-14(18)12-6-3-4-7-13(12)15/h3-11H,2,18H2,1H3. The Morgan fingerprint density at radius 2 is 1.76 bits per heavy atom. The van der Waals surface area contributed by atoms with Gasteiger partial charge in [0.15, 0.2) is 5.75 Å². The number of nitrogens with two attached hydrogens (primary N) is 1. The summed E-state index contributed by atoms with van der Waals surface area (Å²) in [7, 11) is 0. The number of pyridine rings is 1. The van der Waals surface area contributed by atoms with Gasteiger partial charge in [-0.2, -0.15) is 0 Å². The number of fused-ring (bicyclic) bond motifs is 1. The van der Waals surface area contributed by atoms with Gasteiger partial charge in [0.2, 0.25) is 0 Å². The molecule has 0 spiro atoms. The Morgan fingerprint density at radius 3 is 2.57 bits per heavy atom. The van der Waals surface area contributed by atoms with Crippen LogP contribution < -0.4 is 15.2 Å². The van der Waals surface area contributed by atoms with Crippen molar-refractivity contribution in [3.05, 3.63) is 54.7 Å². The predicted molar refractivity (Wildman–Crippen MR) is 83.8 cm³/mol. The average Bonchev–Trinajstić information content (AvgIpc) is 2.52. The molecule has 1 aromatic heterocycles. The van der Waals surface area contributed by atoms with Crippen molar-refractivity contribution in [2.45, 2.75) is 6.92 Å². The Hall–Kier alpha value is -2.75. The number of nitrogen functional groups attached to an aromatic ring is 1. The Labute approximate surface area is 123 Å². The molecule has 0 amide bonds. The van der Waals surface area contributed by atoms with Crippen LogP contribution in [0.15, 0.2) is 54.7 Å². The van der Waals surface area contributed by atoms with Crippen molar-refractivity contribution in [1.29, 1.82) is 0 Å². The summed E-state index contributed by atoms with van der Waals surface area (Å²) in [5, 5.41) is 1.91. The summed E-state index contributed by atoms with van der Waals surface area (Å²) in [5.74, 6) is 1.79. The number of benzene rings is 2. The molecule has 0 bridgehead atoms. The van der Waals surface area contributed by atoms with Crippen molar-refractivity contribution < 1.29 is 9.47 Å². The van der Waals surface area contributed by atoms with Crippen LogP contribution in [0.5, 0.6) is 17.4 Å². The molecule has 0 saturated heterocycles. The molecule has 0 saturated carbocycles. The van der Waals surface area contributed by atoms with Gasteiger partial charge < -0.3 is 15.2 Å². The first-order chi connectivity index (χ1) is 10.3. The zero-order valence-corrected chi connectivity index (χ0v) is 11.7. The van der Waals surface area contributed by atoms with Crippen molar-refractivity contribution in [2.75, 3.05) is 12.3 Å². The zero-order valence-electron chi connectivity index (χ0n) is 11.7. The van der Waals surface area contributed by atoms with Crippen molar-refractivity contribution in [2.24, 2.45) is 0 Å². The maximum Gasteiger partial charge on any atom is 0.262 e. The van der Waals surface area contributed by atoms with Gasteiger partial charge in [0.1, 0.15) is 5.75 Å². The van der Waals surface area contributed by atoms with Gasteiger partial charge in [-0.05, 0) is 31.2 Å². The van der Waals surface area contributed by atoms with Crippen LogP contribution in [0.1, 0.15) is 6.92 Å². The van der Waals surface area contributed by atoms with E-state index in [4.69, 9.17) is 15.2 Å². The zero-order chi connectivity index (χ0) is 14.7. The molecule has 3 rings (SSSR count). The molecule has 0 fully saturated rings. The number of aromatic nitrogens is 1. The molecule has 21 heavy (non-hydrogen) atoms. The third-order valence-electron chi connectivity index (χ3n) is 3.16. The van der Waals surface area contributed by atoms with Crippen LogP contribution in [0.25, 0.3) is 10.8 Å². The van der Waals surface area contributed by atoms with E-state index in [0.29, 0.717) is 24.0 Å². The van der Waals surface area contributed by atoms with Crippen molar-refractivity contribution in [1.82, 2.24) is 4.98 Å². The first-order valence-corrected chi connectivity index (χ1v) is 6.82. The molecule has 2 N–H and O–H groups in total. The number of rotatable bonds is 4. The van der Waals surface area contributed by atoms with E-state index in [9.17, 15) is 0 Å². The smallest absolute Gasteiger partial charge is 0.262 e. The summed E-state index contributed by atoms with van der Waals surface area (Å²) >= 11 is 0. The van der Waals surface area contributed by atoms with Crippen LogP contribution in [0.2, 0.25) is 0 Å². The van der Waals surface area contributed by atoms with Gasteiger partial charge in [-0.1, -0.05) is 24.3 Å². The van der Waals surface area contributed by atoms with E-state index in [2.05, 4.69) is 4.98 Å². The van der Waals surface area contributed by atoms with Crippen LogP contribution in [0, 0.1) is 0 Å². The number of nitrogens with zero attached hydrogens (tertiary/aromatic N) is 1. The summed E-state index contributed by atoms with van der Waals surface area (Å²) in [6.45, 7) is 2.49. The SMILES string of the molecule is CCOc1cccnc1Oc1ccc(N)c2ccccc12. The molecular formula is C17H16N2O2. The van der Waals surface area contributed by atoms with Crippen LogP contribution in [-0.2, 0) is 0 Å². The van der Waals surface area contributed by atoms with E-state index in [1.54, 1.807) is 6.20 Å². The fourth-order valence-electron chi connectivity index (χ4n) is 2.21. The maximum absolute atomic E-state index is 6.00. The van der Waals surface area contributed by atoms with Crippen LogP contribution in [-0.4, -0.2) is 11.6 Å². The minimum absolute atomic E-state index is 0.453. The molecule has 0 aliphatic carbocycles. The lowest BCUT2D eigenvalue weighted by molar-refractivity contribution is 0.317. The number of anilines is 1. The number of ether oxygens (including phenoxy) is 2. The van der Waals surface area contributed by atoms with Gasteiger partial charge in [0.25, 0.3) is 5.88 Å². The van der Waals surface area contributed by atoms with Crippen LogP contribution in [0.3, 0.4) is 0 Å². The normalized spacial score (nSPS) is 10.5. The quantitative estimate of drug-likeness (QED) is 0.734. The van der Waals surface area contributed by atoms with E-state index < -0.39 is 0 Å².